The Kier molecular flexibility index (Phi) is 17.0. The molecule has 0 saturated heterocycles. The first kappa shape index (κ1) is 46.9. The van der Waals surface area contributed by atoms with E-state index in [-0.39, 0.29) is 44.3 Å². The van der Waals surface area contributed by atoms with Crippen LogP contribution in [0.25, 0.3) is 22.1 Å². The average Bonchev–Trinajstić information content (AvgIpc) is 4.04. The summed E-state index contributed by atoms with van der Waals surface area (Å²) in [6.45, 7) is 3.80. The smallest absolute Gasteiger partial charge is 0.267 e. The quantitative estimate of drug-likeness (QED) is 0.132. The molecule has 6 heterocycles. The molecule has 0 atom stereocenters. The summed E-state index contributed by atoms with van der Waals surface area (Å²) in [6, 6.07) is 2.68. The van der Waals surface area contributed by atoms with Crippen molar-refractivity contribution in [1.29, 1.82) is 0 Å². The monoisotopic (exact) mass is 1100 g/mol. The normalized spacial score (nSPS) is 15.6. The molecule has 3 aliphatic carbocycles. The standard InChI is InChI=1S/C13H13BrClN3O.C13H14ClN3O.C9H11BrClN3.C4HBrCl2N2/c1-7-9-6-16-13(15)17-11(9)18(12(19)10(7)14)8-4-2-3-5-8;1-8-6-11(18)17(9-4-2-3-5-9)12-10(8)7-15-13(14)16-12;10-7-5-12-9(11)14-8(7)13-6-3-1-2-4-6;5-2-1-8-4(7)9-3(2)6/h6,8H,2-5H2,1H3;6-7,9H,2-5H2,1H3;5-6H,1-4H2,(H,12,13,14);1H. The predicted octanol–water partition coefficient (Wildman–Crippen LogP) is 12.3. The number of nitrogens with zero attached hydrogens (tertiary/aromatic N) is 10. The molecule has 3 aliphatic rings. The van der Waals surface area contributed by atoms with E-state index in [1.807, 2.05) is 13.8 Å². The summed E-state index contributed by atoms with van der Waals surface area (Å²) in [6.07, 6.45) is 20.4. The second kappa shape index (κ2) is 21.7. The molecule has 13 nitrogen and oxygen atoms in total. The van der Waals surface area contributed by atoms with E-state index in [1.54, 1.807) is 33.8 Å². The molecule has 0 amide bonds. The number of rotatable bonds is 4. The van der Waals surface area contributed by atoms with Gasteiger partial charge in [0.25, 0.3) is 11.1 Å². The van der Waals surface area contributed by atoms with E-state index in [1.165, 1.54) is 44.7 Å². The molecule has 0 radical (unpaired) electrons. The van der Waals surface area contributed by atoms with Gasteiger partial charge in [-0.2, -0.15) is 15.0 Å². The van der Waals surface area contributed by atoms with Crippen LogP contribution < -0.4 is 16.4 Å². The Morgan fingerprint density at radius 3 is 1.63 bits per heavy atom. The molecule has 6 aromatic heterocycles. The topological polar surface area (TPSA) is 159 Å². The van der Waals surface area contributed by atoms with Crippen LogP contribution in [0.2, 0.25) is 26.3 Å². The second-order valence-corrected chi connectivity index (χ2v) is 18.7. The number of fused-ring (bicyclic) bond motifs is 2. The van der Waals surface area contributed by atoms with Crippen LogP contribution in [0.1, 0.15) is 100 Å². The molecule has 3 fully saturated rings. The van der Waals surface area contributed by atoms with Gasteiger partial charge < -0.3 is 5.32 Å². The number of aryl methyl sites for hydroxylation is 2. The first-order chi connectivity index (χ1) is 28.7. The maximum atomic E-state index is 12.5. The molecule has 318 valence electrons. The highest BCUT2D eigenvalue weighted by Crippen LogP contribution is 2.33. The Balaban J connectivity index is 0.000000138. The minimum absolute atomic E-state index is 0.0154. The van der Waals surface area contributed by atoms with Crippen molar-refractivity contribution in [3.05, 3.63) is 102 Å². The predicted molar refractivity (Wildman–Crippen MR) is 250 cm³/mol. The van der Waals surface area contributed by atoms with E-state index >= 15 is 0 Å². The highest BCUT2D eigenvalue weighted by Gasteiger charge is 2.24. The van der Waals surface area contributed by atoms with Crippen LogP contribution in [-0.4, -0.2) is 55.0 Å². The van der Waals surface area contributed by atoms with E-state index in [0.29, 0.717) is 31.4 Å². The first-order valence-electron chi connectivity index (χ1n) is 19.3. The third-order valence-corrected chi connectivity index (χ3v) is 13.9. The van der Waals surface area contributed by atoms with E-state index in [4.69, 9.17) is 58.0 Å². The van der Waals surface area contributed by atoms with Crippen LogP contribution in [0.5, 0.6) is 0 Å². The summed E-state index contributed by atoms with van der Waals surface area (Å²) < 4.78 is 5.69. The van der Waals surface area contributed by atoms with Gasteiger partial charge in [-0.05, 0) is 158 Å². The fourth-order valence-electron chi connectivity index (χ4n) is 7.58. The summed E-state index contributed by atoms with van der Waals surface area (Å²) in [5, 5.41) is 6.30. The van der Waals surface area contributed by atoms with Crippen LogP contribution in [-0.2, 0) is 0 Å². The van der Waals surface area contributed by atoms with Crippen LogP contribution in [0.3, 0.4) is 0 Å². The van der Waals surface area contributed by atoms with Gasteiger partial charge in [0.2, 0.25) is 21.1 Å². The number of anilines is 1. The molecule has 0 bridgehead atoms. The minimum atomic E-state index is -0.0216. The van der Waals surface area contributed by atoms with Gasteiger partial charge in [0.05, 0.1) is 13.4 Å². The number of aromatic nitrogens is 10. The lowest BCUT2D eigenvalue weighted by atomic mass is 10.1. The van der Waals surface area contributed by atoms with Gasteiger partial charge in [0.15, 0.2) is 0 Å². The minimum Gasteiger partial charge on any atom is -0.366 e. The Labute approximate surface area is 396 Å². The van der Waals surface area contributed by atoms with Crippen LogP contribution in [0.4, 0.5) is 5.82 Å². The molecule has 0 aliphatic heterocycles. The highest BCUT2D eigenvalue weighted by atomic mass is 79.9. The molecular weight excluding hydrogens is 1070 g/mol. The Bertz CT molecular complexity index is 2600. The third kappa shape index (κ3) is 11.7. The molecular formula is C39H39Br3Cl5N11O2. The fraction of sp³-hybridized carbons (Fsp3) is 0.436. The average molecular weight is 1110 g/mol. The third-order valence-electron chi connectivity index (χ3n) is 10.5. The van der Waals surface area contributed by atoms with Gasteiger partial charge in [-0.15, -0.1) is 0 Å². The van der Waals surface area contributed by atoms with Crippen molar-refractivity contribution in [2.45, 2.75) is 109 Å². The number of hydrogen-bond acceptors (Lipinski definition) is 11. The second-order valence-electron chi connectivity index (χ2n) is 14.5. The molecule has 0 aromatic carbocycles. The number of hydrogen-bond donors (Lipinski definition) is 1. The van der Waals surface area contributed by atoms with Crippen LogP contribution in [0, 0.1) is 13.8 Å². The summed E-state index contributed by atoms with van der Waals surface area (Å²) in [7, 11) is 0. The number of nitrogens with one attached hydrogen (secondary N) is 1. The molecule has 0 spiro atoms. The zero-order valence-electron chi connectivity index (χ0n) is 32.4. The molecule has 9 rings (SSSR count). The van der Waals surface area contributed by atoms with Gasteiger partial charge in [-0.1, -0.05) is 50.1 Å². The molecule has 0 unspecified atom stereocenters. The summed E-state index contributed by atoms with van der Waals surface area (Å²) in [4.78, 5) is 56.6. The SMILES string of the molecule is Cc1c(Br)c(=O)n(C2CCCC2)c2nc(Cl)ncc12.Cc1cc(=O)n(C2CCCC2)c2nc(Cl)ncc12.Clc1ncc(Br)c(Cl)n1.Clc1ncc(Br)c(NC2CCCC2)n1. The number of halogens is 8. The number of pyridine rings is 2. The van der Waals surface area contributed by atoms with E-state index < -0.39 is 0 Å². The van der Waals surface area contributed by atoms with Gasteiger partial charge >= 0.3 is 0 Å². The largest absolute Gasteiger partial charge is 0.366 e. The lowest BCUT2D eigenvalue weighted by molar-refractivity contribution is 0.514. The van der Waals surface area contributed by atoms with Crippen molar-refractivity contribution in [2.24, 2.45) is 0 Å². The maximum Gasteiger partial charge on any atom is 0.267 e. The lowest BCUT2D eigenvalue weighted by Crippen LogP contribution is -2.26. The van der Waals surface area contributed by atoms with Crippen molar-refractivity contribution >= 4 is 134 Å². The van der Waals surface area contributed by atoms with Crippen LogP contribution in [0.15, 0.2) is 53.9 Å². The van der Waals surface area contributed by atoms with Crippen molar-refractivity contribution in [2.75, 3.05) is 5.32 Å². The van der Waals surface area contributed by atoms with Crippen molar-refractivity contribution in [1.82, 2.24) is 49.0 Å². The highest BCUT2D eigenvalue weighted by molar-refractivity contribution is 9.11. The van der Waals surface area contributed by atoms with Crippen molar-refractivity contribution < 1.29 is 0 Å². The van der Waals surface area contributed by atoms with Crippen molar-refractivity contribution in [3.8, 4) is 0 Å². The first-order valence-corrected chi connectivity index (χ1v) is 23.5. The fourth-order valence-corrected chi connectivity index (χ4v) is 9.18. The van der Waals surface area contributed by atoms with Crippen LogP contribution >= 0.6 is 106 Å². The molecule has 1 N–H and O–H groups in total. The zero-order valence-corrected chi connectivity index (χ0v) is 41.0. The Morgan fingerprint density at radius 1 is 0.600 bits per heavy atom. The molecule has 6 aromatic rings. The van der Waals surface area contributed by atoms with E-state index in [2.05, 4.69) is 93.0 Å². The zero-order chi connectivity index (χ0) is 43.1. The summed E-state index contributed by atoms with van der Waals surface area (Å²) in [5.74, 6) is 0.803. The van der Waals surface area contributed by atoms with Gasteiger partial charge in [0, 0.05) is 59.8 Å². The Morgan fingerprint density at radius 2 is 1.07 bits per heavy atom. The molecule has 60 heavy (non-hydrogen) atoms. The Hall–Kier alpha value is -2.57. The van der Waals surface area contributed by atoms with Gasteiger partial charge in [0.1, 0.15) is 22.3 Å². The van der Waals surface area contributed by atoms with Gasteiger partial charge in [-0.25, -0.2) is 24.9 Å². The molecule has 21 heteroatoms. The maximum absolute atomic E-state index is 12.5. The summed E-state index contributed by atoms with van der Waals surface area (Å²) in [5.41, 5.74) is 3.09. The van der Waals surface area contributed by atoms with E-state index in [9.17, 15) is 9.59 Å². The molecule has 3 saturated carbocycles. The lowest BCUT2D eigenvalue weighted by Gasteiger charge is -2.18. The summed E-state index contributed by atoms with van der Waals surface area (Å²) >= 11 is 38.3. The van der Waals surface area contributed by atoms with E-state index in [0.717, 1.165) is 70.7 Å². The van der Waals surface area contributed by atoms with Gasteiger partial charge in [-0.3, -0.25) is 18.7 Å². The van der Waals surface area contributed by atoms with Crippen molar-refractivity contribution in [3.63, 3.8) is 0 Å².